The van der Waals surface area contributed by atoms with Gasteiger partial charge >= 0.3 is 6.18 Å². The Balaban J connectivity index is 1.72. The third-order valence-corrected chi connectivity index (χ3v) is 5.40. The van der Waals surface area contributed by atoms with E-state index in [0.29, 0.717) is 24.2 Å². The molecule has 0 aliphatic carbocycles. The van der Waals surface area contributed by atoms with Crippen LogP contribution in [0.25, 0.3) is 11.3 Å². The maximum Gasteiger partial charge on any atom is 0.449 e. The number of aryl methyl sites for hydroxylation is 1. The van der Waals surface area contributed by atoms with Gasteiger partial charge in [-0.3, -0.25) is 4.79 Å². The van der Waals surface area contributed by atoms with Crippen LogP contribution >= 0.6 is 0 Å². The number of hydrogen-bond donors (Lipinski definition) is 2. The van der Waals surface area contributed by atoms with Gasteiger partial charge in [-0.05, 0) is 50.5 Å². The highest BCUT2D eigenvalue weighted by Crippen LogP contribution is 2.30. The first-order valence-corrected chi connectivity index (χ1v) is 11.3. The van der Waals surface area contributed by atoms with Crippen LogP contribution in [0.1, 0.15) is 47.6 Å². The number of carbonyl (C=O) groups excluding carboxylic acids is 1. The van der Waals surface area contributed by atoms with E-state index < -0.39 is 23.9 Å². The fourth-order valence-corrected chi connectivity index (χ4v) is 3.73. The van der Waals surface area contributed by atoms with Gasteiger partial charge in [0.05, 0.1) is 17.4 Å². The first-order valence-electron chi connectivity index (χ1n) is 11.3. The minimum atomic E-state index is -4.54. The van der Waals surface area contributed by atoms with Gasteiger partial charge in [0.15, 0.2) is 0 Å². The summed E-state index contributed by atoms with van der Waals surface area (Å²) < 4.78 is 45.6. The van der Waals surface area contributed by atoms with Gasteiger partial charge in [0, 0.05) is 37.0 Å². The number of carbonyl (C=O) groups is 1. The number of rotatable bonds is 9. The molecule has 1 amide bonds. The molecule has 190 valence electrons. The van der Waals surface area contributed by atoms with Gasteiger partial charge in [0.2, 0.25) is 5.82 Å². The van der Waals surface area contributed by atoms with E-state index in [1.54, 1.807) is 36.4 Å². The maximum absolute atomic E-state index is 13.0. The number of nitrogens with one attached hydrogen (secondary N) is 1. The second kappa shape index (κ2) is 11.3. The lowest BCUT2D eigenvalue weighted by Gasteiger charge is -2.19. The average Bonchev–Trinajstić information content (AvgIpc) is 3.21. The molecule has 7 nitrogen and oxygen atoms in total. The molecular formula is C26H27F3N4O3. The van der Waals surface area contributed by atoms with Crippen molar-refractivity contribution in [2.75, 3.05) is 6.61 Å². The summed E-state index contributed by atoms with van der Waals surface area (Å²) in [5.41, 5.74) is 2.09. The second-order valence-electron chi connectivity index (χ2n) is 8.63. The number of imidazole rings is 1. The monoisotopic (exact) mass is 500 g/mol. The van der Waals surface area contributed by atoms with Gasteiger partial charge in [0.1, 0.15) is 11.8 Å². The summed E-state index contributed by atoms with van der Waals surface area (Å²) in [5.74, 6) is -0.979. The van der Waals surface area contributed by atoms with E-state index in [0.717, 1.165) is 10.1 Å². The van der Waals surface area contributed by atoms with Crippen LogP contribution in [-0.4, -0.2) is 39.3 Å². The van der Waals surface area contributed by atoms with Crippen LogP contribution in [0.2, 0.25) is 0 Å². The van der Waals surface area contributed by atoms with Crippen molar-refractivity contribution < 1.29 is 27.8 Å². The van der Waals surface area contributed by atoms with Crippen molar-refractivity contribution >= 4 is 5.91 Å². The molecule has 1 aromatic heterocycles. The van der Waals surface area contributed by atoms with Gasteiger partial charge in [-0.25, -0.2) is 4.98 Å². The fraction of sp³-hybridized carbons (Fsp3) is 0.346. The van der Waals surface area contributed by atoms with Crippen LogP contribution < -0.4 is 10.1 Å². The van der Waals surface area contributed by atoms with Crippen molar-refractivity contribution in [2.45, 2.75) is 45.0 Å². The molecular weight excluding hydrogens is 473 g/mol. The predicted octanol–water partition coefficient (Wildman–Crippen LogP) is 4.49. The van der Waals surface area contributed by atoms with E-state index in [4.69, 9.17) is 4.74 Å². The normalized spacial score (nSPS) is 12.3. The summed E-state index contributed by atoms with van der Waals surface area (Å²) in [6, 6.07) is 13.1. The number of amides is 1. The summed E-state index contributed by atoms with van der Waals surface area (Å²) in [6.45, 7) is 3.52. The summed E-state index contributed by atoms with van der Waals surface area (Å²) in [4.78, 5) is 16.5. The van der Waals surface area contributed by atoms with Gasteiger partial charge in [-0.2, -0.15) is 18.4 Å². The molecule has 10 heteroatoms. The highest BCUT2D eigenvalue weighted by molar-refractivity contribution is 5.95. The SMILES string of the molecule is CC(C)Oc1ccc(C(=O)N[C@H](CCO)Cc2ccc(-c3cn(C)c(C(F)(F)F)n3)cc2)cc1C#N. The van der Waals surface area contributed by atoms with Crippen LogP contribution in [0.3, 0.4) is 0 Å². The van der Waals surface area contributed by atoms with Crippen molar-refractivity contribution in [1.29, 1.82) is 5.26 Å². The molecule has 0 bridgehead atoms. The molecule has 2 N–H and O–H groups in total. The van der Waals surface area contributed by atoms with Crippen LogP contribution in [0.5, 0.6) is 5.75 Å². The van der Waals surface area contributed by atoms with Crippen molar-refractivity contribution in [2.24, 2.45) is 7.05 Å². The van der Waals surface area contributed by atoms with Crippen LogP contribution in [0, 0.1) is 11.3 Å². The lowest BCUT2D eigenvalue weighted by atomic mass is 10.0. The quantitative estimate of drug-likeness (QED) is 0.451. The van der Waals surface area contributed by atoms with Crippen LogP contribution in [0.4, 0.5) is 13.2 Å². The Morgan fingerprint density at radius 3 is 2.47 bits per heavy atom. The first-order chi connectivity index (χ1) is 17.0. The number of nitriles is 1. The Kier molecular flexibility index (Phi) is 8.37. The Labute approximate surface area is 207 Å². The fourth-order valence-electron chi connectivity index (χ4n) is 3.73. The summed E-state index contributed by atoms with van der Waals surface area (Å²) in [6.07, 6.45) is -2.66. The minimum Gasteiger partial charge on any atom is -0.490 e. The summed E-state index contributed by atoms with van der Waals surface area (Å²) in [7, 11) is 1.29. The Bertz CT molecular complexity index is 1240. The molecule has 0 aliphatic heterocycles. The average molecular weight is 501 g/mol. The number of ether oxygens (including phenoxy) is 1. The number of halogens is 3. The van der Waals surface area contributed by atoms with E-state index >= 15 is 0 Å². The molecule has 3 rings (SSSR count). The number of nitrogens with zero attached hydrogens (tertiary/aromatic N) is 3. The number of aliphatic hydroxyl groups is 1. The highest BCUT2D eigenvalue weighted by atomic mass is 19.4. The molecule has 0 aliphatic rings. The zero-order valence-corrected chi connectivity index (χ0v) is 20.1. The predicted molar refractivity (Wildman–Crippen MR) is 127 cm³/mol. The van der Waals surface area contributed by atoms with Crippen molar-refractivity contribution in [3.63, 3.8) is 0 Å². The van der Waals surface area contributed by atoms with Gasteiger partial charge in [-0.1, -0.05) is 24.3 Å². The van der Waals surface area contributed by atoms with Crippen molar-refractivity contribution in [3.05, 3.63) is 71.2 Å². The molecule has 3 aromatic rings. The minimum absolute atomic E-state index is 0.124. The lowest BCUT2D eigenvalue weighted by molar-refractivity contribution is -0.146. The zero-order chi connectivity index (χ0) is 26.5. The molecule has 36 heavy (non-hydrogen) atoms. The number of alkyl halides is 3. The lowest BCUT2D eigenvalue weighted by Crippen LogP contribution is -2.37. The number of aliphatic hydroxyl groups excluding tert-OH is 1. The van der Waals surface area contributed by atoms with Crippen LogP contribution in [0.15, 0.2) is 48.7 Å². The standard InChI is InChI=1S/C26H27F3N4O3/c1-16(2)36-23-9-8-19(13-20(23)14-30)24(35)31-21(10-11-34)12-17-4-6-18(7-5-17)22-15-33(3)25(32-22)26(27,28)29/h4-9,13,15-16,21,34H,10-12H2,1-3H3,(H,31,35)/t21-/m1/s1. The van der Waals surface area contributed by atoms with Gasteiger partial charge in [-0.15, -0.1) is 0 Å². The maximum atomic E-state index is 13.0. The molecule has 0 fully saturated rings. The number of benzene rings is 2. The van der Waals surface area contributed by atoms with Gasteiger partial charge in [0.25, 0.3) is 5.91 Å². The molecule has 1 heterocycles. The molecule has 0 spiro atoms. The number of hydrogen-bond acceptors (Lipinski definition) is 5. The molecule has 2 aromatic carbocycles. The molecule has 0 unspecified atom stereocenters. The van der Waals surface area contributed by atoms with Crippen LogP contribution in [-0.2, 0) is 19.6 Å². The third kappa shape index (κ3) is 6.64. The van der Waals surface area contributed by atoms with Gasteiger partial charge < -0.3 is 19.7 Å². The van der Waals surface area contributed by atoms with E-state index in [-0.39, 0.29) is 29.5 Å². The summed E-state index contributed by atoms with van der Waals surface area (Å²) >= 11 is 0. The number of aromatic nitrogens is 2. The third-order valence-electron chi connectivity index (χ3n) is 5.40. The summed E-state index contributed by atoms with van der Waals surface area (Å²) in [5, 5.41) is 21.8. The molecule has 0 radical (unpaired) electrons. The largest absolute Gasteiger partial charge is 0.490 e. The Hall–Kier alpha value is -3.84. The smallest absolute Gasteiger partial charge is 0.449 e. The van der Waals surface area contributed by atoms with Crippen molar-refractivity contribution in [1.82, 2.24) is 14.9 Å². The molecule has 0 saturated heterocycles. The van der Waals surface area contributed by atoms with E-state index in [1.165, 1.54) is 19.3 Å². The topological polar surface area (TPSA) is 100 Å². The van der Waals surface area contributed by atoms with E-state index in [9.17, 15) is 28.3 Å². The highest BCUT2D eigenvalue weighted by Gasteiger charge is 2.36. The first kappa shape index (κ1) is 26.8. The molecule has 1 atom stereocenters. The Morgan fingerprint density at radius 1 is 1.22 bits per heavy atom. The second-order valence-corrected chi connectivity index (χ2v) is 8.63. The Morgan fingerprint density at radius 2 is 1.92 bits per heavy atom. The van der Waals surface area contributed by atoms with E-state index in [1.807, 2.05) is 19.9 Å². The zero-order valence-electron chi connectivity index (χ0n) is 20.1. The molecule has 0 saturated carbocycles. The van der Waals surface area contributed by atoms with Crippen molar-refractivity contribution in [3.8, 4) is 23.1 Å². The van der Waals surface area contributed by atoms with E-state index in [2.05, 4.69) is 10.3 Å².